The number of carbonyl (C=O) groups excluding carboxylic acids is 1. The fourth-order valence-electron chi connectivity index (χ4n) is 2.61. The molecule has 4 rings (SSSR count). The Hall–Kier alpha value is -4.12. The Balaban J connectivity index is 1.35. The summed E-state index contributed by atoms with van der Waals surface area (Å²) in [6.07, 6.45) is 2.88. The van der Waals surface area contributed by atoms with E-state index in [0.717, 1.165) is 11.3 Å². The minimum absolute atomic E-state index is 0.212. The highest BCUT2D eigenvalue weighted by Crippen LogP contribution is 2.32. The summed E-state index contributed by atoms with van der Waals surface area (Å²) in [5.74, 6) is 1.54. The molecule has 0 aliphatic carbocycles. The van der Waals surface area contributed by atoms with E-state index in [-0.39, 0.29) is 18.4 Å². The molecule has 1 amide bonds. The van der Waals surface area contributed by atoms with Crippen LogP contribution in [0.4, 0.5) is 11.5 Å². The lowest BCUT2D eigenvalue weighted by molar-refractivity contribution is 0.0945. The van der Waals surface area contributed by atoms with Gasteiger partial charge in [0, 0.05) is 12.2 Å². The van der Waals surface area contributed by atoms with Crippen LogP contribution >= 0.6 is 0 Å². The number of nitrogens with zero attached hydrogens (tertiary/aromatic N) is 3. The number of aromatic nitrogens is 2. The van der Waals surface area contributed by atoms with Gasteiger partial charge in [0.2, 0.25) is 6.79 Å². The first-order valence-corrected chi connectivity index (χ1v) is 8.47. The molecule has 3 aromatic rings. The van der Waals surface area contributed by atoms with E-state index in [0.29, 0.717) is 29.4 Å². The van der Waals surface area contributed by atoms with Gasteiger partial charge in [-0.05, 0) is 42.0 Å². The van der Waals surface area contributed by atoms with Crippen molar-refractivity contribution in [1.82, 2.24) is 15.3 Å². The molecule has 8 heteroatoms. The zero-order chi connectivity index (χ0) is 19.3. The first-order valence-electron chi connectivity index (χ1n) is 8.47. The molecular formula is C20H15N5O3. The molecule has 28 heavy (non-hydrogen) atoms. The predicted octanol–water partition coefficient (Wildman–Crippen LogP) is 2.75. The molecule has 138 valence electrons. The maximum Gasteiger partial charge on any atom is 0.271 e. The number of fused-ring (bicyclic) bond motifs is 1. The van der Waals surface area contributed by atoms with Gasteiger partial charge in [0.05, 0.1) is 24.0 Å². The first kappa shape index (κ1) is 17.3. The molecule has 0 saturated heterocycles. The molecule has 1 aromatic heterocycles. The second-order valence-electron chi connectivity index (χ2n) is 5.97. The van der Waals surface area contributed by atoms with Crippen molar-refractivity contribution in [3.05, 3.63) is 71.7 Å². The average molecular weight is 373 g/mol. The number of benzene rings is 2. The number of anilines is 2. The molecule has 1 aliphatic rings. The molecule has 0 radical (unpaired) electrons. The Bertz CT molecular complexity index is 1040. The highest BCUT2D eigenvalue weighted by Gasteiger charge is 2.14. The third-order valence-electron chi connectivity index (χ3n) is 4.06. The van der Waals surface area contributed by atoms with E-state index in [1.807, 2.05) is 18.2 Å². The lowest BCUT2D eigenvalue weighted by Gasteiger charge is -2.07. The van der Waals surface area contributed by atoms with Crippen LogP contribution in [-0.2, 0) is 6.54 Å². The molecule has 0 spiro atoms. The number of nitriles is 1. The molecular weight excluding hydrogens is 358 g/mol. The van der Waals surface area contributed by atoms with Crippen LogP contribution in [0.5, 0.6) is 11.5 Å². The van der Waals surface area contributed by atoms with Crippen molar-refractivity contribution in [3.8, 4) is 17.6 Å². The number of ether oxygens (including phenoxy) is 2. The Kier molecular flexibility index (Phi) is 4.72. The van der Waals surface area contributed by atoms with Crippen molar-refractivity contribution >= 4 is 17.4 Å². The molecule has 2 heterocycles. The van der Waals surface area contributed by atoms with Gasteiger partial charge in [-0.1, -0.05) is 6.07 Å². The minimum Gasteiger partial charge on any atom is -0.454 e. The standard InChI is InChI=1S/C20H15N5O3/c21-8-13-1-4-15(5-2-13)25-19-11-22-16(10-23-19)20(26)24-9-14-3-6-17-18(7-14)28-12-27-17/h1-7,10-11H,9,12H2,(H,23,25)(H,24,26). The van der Waals surface area contributed by atoms with E-state index in [4.69, 9.17) is 14.7 Å². The quantitative estimate of drug-likeness (QED) is 0.708. The molecule has 0 fully saturated rings. The van der Waals surface area contributed by atoms with Crippen LogP contribution < -0.4 is 20.1 Å². The Morgan fingerprint density at radius 2 is 1.89 bits per heavy atom. The normalized spacial score (nSPS) is 11.5. The van der Waals surface area contributed by atoms with E-state index in [1.54, 1.807) is 24.3 Å². The molecule has 0 saturated carbocycles. The van der Waals surface area contributed by atoms with E-state index < -0.39 is 0 Å². The third kappa shape index (κ3) is 3.83. The van der Waals surface area contributed by atoms with Crippen LogP contribution in [0.2, 0.25) is 0 Å². The van der Waals surface area contributed by atoms with Gasteiger partial charge in [0.15, 0.2) is 11.5 Å². The maximum absolute atomic E-state index is 12.3. The molecule has 2 aromatic carbocycles. The van der Waals surface area contributed by atoms with E-state index in [1.165, 1.54) is 12.4 Å². The second-order valence-corrected chi connectivity index (χ2v) is 5.97. The van der Waals surface area contributed by atoms with Gasteiger partial charge >= 0.3 is 0 Å². The summed E-state index contributed by atoms with van der Waals surface area (Å²) >= 11 is 0. The molecule has 0 atom stereocenters. The number of rotatable bonds is 5. The van der Waals surface area contributed by atoms with Crippen LogP contribution in [0.15, 0.2) is 54.9 Å². The Morgan fingerprint density at radius 1 is 1.07 bits per heavy atom. The Morgan fingerprint density at radius 3 is 2.64 bits per heavy atom. The zero-order valence-corrected chi connectivity index (χ0v) is 14.7. The van der Waals surface area contributed by atoms with Gasteiger partial charge in [-0.3, -0.25) is 4.79 Å². The Labute approximate surface area is 160 Å². The summed E-state index contributed by atoms with van der Waals surface area (Å²) in [6, 6.07) is 14.5. The molecule has 1 aliphatic heterocycles. The largest absolute Gasteiger partial charge is 0.454 e. The summed E-state index contributed by atoms with van der Waals surface area (Å²) in [7, 11) is 0. The van der Waals surface area contributed by atoms with Crippen molar-refractivity contribution in [2.45, 2.75) is 6.54 Å². The van der Waals surface area contributed by atoms with Crippen LogP contribution in [0.1, 0.15) is 21.6 Å². The van der Waals surface area contributed by atoms with Gasteiger partial charge in [-0.25, -0.2) is 9.97 Å². The highest BCUT2D eigenvalue weighted by atomic mass is 16.7. The molecule has 2 N–H and O–H groups in total. The van der Waals surface area contributed by atoms with Gasteiger partial charge in [-0.15, -0.1) is 0 Å². The summed E-state index contributed by atoms with van der Waals surface area (Å²) in [5, 5.41) is 14.7. The zero-order valence-electron chi connectivity index (χ0n) is 14.7. The smallest absolute Gasteiger partial charge is 0.271 e. The average Bonchev–Trinajstić information content (AvgIpc) is 3.21. The van der Waals surface area contributed by atoms with Crippen LogP contribution in [0, 0.1) is 11.3 Å². The van der Waals surface area contributed by atoms with Crippen molar-refractivity contribution in [1.29, 1.82) is 5.26 Å². The summed E-state index contributed by atoms with van der Waals surface area (Å²) in [6.45, 7) is 0.548. The van der Waals surface area contributed by atoms with Crippen molar-refractivity contribution in [2.75, 3.05) is 12.1 Å². The lowest BCUT2D eigenvalue weighted by Crippen LogP contribution is -2.24. The minimum atomic E-state index is -0.324. The van der Waals surface area contributed by atoms with Crippen molar-refractivity contribution < 1.29 is 14.3 Å². The topological polar surface area (TPSA) is 109 Å². The summed E-state index contributed by atoms with van der Waals surface area (Å²) in [4.78, 5) is 20.6. The monoisotopic (exact) mass is 373 g/mol. The van der Waals surface area contributed by atoms with Gasteiger partial charge < -0.3 is 20.1 Å². The third-order valence-corrected chi connectivity index (χ3v) is 4.06. The fourth-order valence-corrected chi connectivity index (χ4v) is 2.61. The summed E-state index contributed by atoms with van der Waals surface area (Å²) < 4.78 is 10.6. The maximum atomic E-state index is 12.3. The SMILES string of the molecule is N#Cc1ccc(Nc2cnc(C(=O)NCc3ccc4c(c3)OCO4)cn2)cc1. The lowest BCUT2D eigenvalue weighted by atomic mass is 10.2. The van der Waals surface area contributed by atoms with Crippen molar-refractivity contribution in [3.63, 3.8) is 0 Å². The van der Waals surface area contributed by atoms with Crippen LogP contribution in [0.3, 0.4) is 0 Å². The van der Waals surface area contributed by atoms with E-state index in [9.17, 15) is 4.79 Å². The van der Waals surface area contributed by atoms with E-state index >= 15 is 0 Å². The van der Waals surface area contributed by atoms with Gasteiger partial charge in [-0.2, -0.15) is 5.26 Å². The highest BCUT2D eigenvalue weighted by molar-refractivity contribution is 5.92. The predicted molar refractivity (Wildman–Crippen MR) is 100 cm³/mol. The molecule has 8 nitrogen and oxygen atoms in total. The van der Waals surface area contributed by atoms with Crippen LogP contribution in [-0.4, -0.2) is 22.7 Å². The van der Waals surface area contributed by atoms with Crippen LogP contribution in [0.25, 0.3) is 0 Å². The number of hydrogen-bond donors (Lipinski definition) is 2. The van der Waals surface area contributed by atoms with E-state index in [2.05, 4.69) is 26.7 Å². The fraction of sp³-hybridized carbons (Fsp3) is 0.100. The number of nitrogens with one attached hydrogen (secondary N) is 2. The van der Waals surface area contributed by atoms with Crippen molar-refractivity contribution in [2.24, 2.45) is 0 Å². The summed E-state index contributed by atoms with van der Waals surface area (Å²) in [5.41, 5.74) is 2.45. The van der Waals surface area contributed by atoms with Gasteiger partial charge in [0.1, 0.15) is 11.5 Å². The number of amides is 1. The first-order chi connectivity index (χ1) is 13.7. The number of hydrogen-bond acceptors (Lipinski definition) is 7. The molecule has 0 unspecified atom stereocenters. The second kappa shape index (κ2) is 7.63. The number of carbonyl (C=O) groups is 1. The van der Waals surface area contributed by atoms with Gasteiger partial charge in [0.25, 0.3) is 5.91 Å². The molecule has 0 bridgehead atoms.